The summed E-state index contributed by atoms with van der Waals surface area (Å²) < 4.78 is 11.0. The lowest BCUT2D eigenvalue weighted by molar-refractivity contribution is -0.123. The molecule has 1 amide bonds. The van der Waals surface area contributed by atoms with E-state index in [1.54, 1.807) is 48.5 Å². The summed E-state index contributed by atoms with van der Waals surface area (Å²) in [7, 11) is 1.52. The molecule has 0 fully saturated rings. The van der Waals surface area contributed by atoms with Crippen LogP contribution in [0.4, 0.5) is 5.69 Å². The standard InChI is InChI=1S/C17H16BrNO4/c1-11(23-17(21)12-7-3-4-8-13(12)18)16(20)19-14-9-5-6-10-15(14)22-2/h3-11H,1-2H3,(H,19,20)/t11-/m0/s1. The molecule has 0 saturated heterocycles. The van der Waals surface area contributed by atoms with Crippen LogP contribution in [0.25, 0.3) is 0 Å². The van der Waals surface area contributed by atoms with Gasteiger partial charge >= 0.3 is 5.97 Å². The molecule has 0 heterocycles. The molecule has 23 heavy (non-hydrogen) atoms. The SMILES string of the molecule is COc1ccccc1NC(=O)[C@H](C)OC(=O)c1ccccc1Br. The Morgan fingerprint density at radius 1 is 1.09 bits per heavy atom. The predicted octanol–water partition coefficient (Wildman–Crippen LogP) is 3.64. The van der Waals surface area contributed by atoms with E-state index < -0.39 is 18.0 Å². The maximum Gasteiger partial charge on any atom is 0.340 e. The first-order chi connectivity index (χ1) is 11.0. The van der Waals surface area contributed by atoms with Crippen LogP contribution in [0.1, 0.15) is 17.3 Å². The molecule has 2 aromatic carbocycles. The van der Waals surface area contributed by atoms with Gasteiger partial charge in [-0.3, -0.25) is 4.79 Å². The largest absolute Gasteiger partial charge is 0.495 e. The lowest BCUT2D eigenvalue weighted by atomic mass is 10.2. The Labute approximate surface area is 142 Å². The molecule has 1 atom stereocenters. The molecular formula is C17H16BrNO4. The summed E-state index contributed by atoms with van der Waals surface area (Å²) in [6.07, 6.45) is -0.945. The summed E-state index contributed by atoms with van der Waals surface area (Å²) in [6.45, 7) is 1.51. The van der Waals surface area contributed by atoms with Gasteiger partial charge in [0.15, 0.2) is 6.10 Å². The van der Waals surface area contributed by atoms with Crippen LogP contribution in [-0.4, -0.2) is 25.1 Å². The lowest BCUT2D eigenvalue weighted by Gasteiger charge is -2.15. The summed E-state index contributed by atoms with van der Waals surface area (Å²) in [5.74, 6) is -0.472. The minimum Gasteiger partial charge on any atom is -0.495 e. The van der Waals surface area contributed by atoms with Gasteiger partial charge in [-0.25, -0.2) is 4.79 Å². The molecule has 0 saturated carbocycles. The van der Waals surface area contributed by atoms with Gasteiger partial charge in [-0.2, -0.15) is 0 Å². The quantitative estimate of drug-likeness (QED) is 0.807. The molecule has 0 unspecified atom stereocenters. The van der Waals surface area contributed by atoms with Crippen molar-refractivity contribution in [1.29, 1.82) is 0 Å². The van der Waals surface area contributed by atoms with Gasteiger partial charge in [0, 0.05) is 4.47 Å². The third-order valence-corrected chi connectivity index (χ3v) is 3.80. The minimum atomic E-state index is -0.945. The van der Waals surface area contributed by atoms with Crippen LogP contribution in [0.3, 0.4) is 0 Å². The van der Waals surface area contributed by atoms with Crippen molar-refractivity contribution >= 4 is 33.5 Å². The first-order valence-corrected chi connectivity index (χ1v) is 7.71. The third kappa shape index (κ3) is 4.32. The Hall–Kier alpha value is -2.34. The van der Waals surface area contributed by atoms with Gasteiger partial charge in [0.1, 0.15) is 5.75 Å². The van der Waals surface area contributed by atoms with Gasteiger partial charge in [0.25, 0.3) is 5.91 Å². The van der Waals surface area contributed by atoms with E-state index in [4.69, 9.17) is 9.47 Å². The Morgan fingerprint density at radius 3 is 2.43 bits per heavy atom. The highest BCUT2D eigenvalue weighted by molar-refractivity contribution is 9.10. The molecule has 120 valence electrons. The smallest absolute Gasteiger partial charge is 0.340 e. The topological polar surface area (TPSA) is 64.6 Å². The van der Waals surface area contributed by atoms with E-state index in [2.05, 4.69) is 21.2 Å². The van der Waals surface area contributed by atoms with E-state index in [0.29, 0.717) is 21.5 Å². The number of rotatable bonds is 5. The number of hydrogen-bond donors (Lipinski definition) is 1. The molecule has 0 aliphatic rings. The summed E-state index contributed by atoms with van der Waals surface area (Å²) in [6, 6.07) is 13.9. The van der Waals surface area contributed by atoms with Crippen molar-refractivity contribution in [2.24, 2.45) is 0 Å². The molecule has 0 radical (unpaired) electrons. The number of amides is 1. The number of benzene rings is 2. The van der Waals surface area contributed by atoms with Crippen LogP contribution in [-0.2, 0) is 9.53 Å². The molecule has 2 aromatic rings. The third-order valence-electron chi connectivity index (χ3n) is 3.11. The molecule has 0 spiro atoms. The van der Waals surface area contributed by atoms with Crippen molar-refractivity contribution in [3.8, 4) is 5.75 Å². The fourth-order valence-corrected chi connectivity index (χ4v) is 2.33. The molecule has 0 aromatic heterocycles. The van der Waals surface area contributed by atoms with Crippen LogP contribution in [0, 0.1) is 0 Å². The normalized spacial score (nSPS) is 11.4. The van der Waals surface area contributed by atoms with Crippen LogP contribution in [0.5, 0.6) is 5.75 Å². The van der Waals surface area contributed by atoms with Crippen molar-refractivity contribution in [3.63, 3.8) is 0 Å². The molecule has 5 nitrogen and oxygen atoms in total. The Bertz CT molecular complexity index is 717. The Kier molecular flexibility index (Phi) is 5.76. The van der Waals surface area contributed by atoms with Gasteiger partial charge < -0.3 is 14.8 Å². The lowest BCUT2D eigenvalue weighted by Crippen LogP contribution is -2.30. The zero-order valence-electron chi connectivity index (χ0n) is 12.7. The summed E-state index contributed by atoms with van der Waals surface area (Å²) in [5.41, 5.74) is 0.883. The van der Waals surface area contributed by atoms with E-state index in [-0.39, 0.29) is 0 Å². The number of hydrogen-bond acceptors (Lipinski definition) is 4. The molecule has 0 aliphatic heterocycles. The fourth-order valence-electron chi connectivity index (χ4n) is 1.89. The number of halogens is 1. The minimum absolute atomic E-state index is 0.365. The van der Waals surface area contributed by atoms with Gasteiger partial charge in [0.05, 0.1) is 18.4 Å². The van der Waals surface area contributed by atoms with Crippen LogP contribution < -0.4 is 10.1 Å². The van der Waals surface area contributed by atoms with Crippen molar-refractivity contribution in [2.75, 3.05) is 12.4 Å². The fraction of sp³-hybridized carbons (Fsp3) is 0.176. The van der Waals surface area contributed by atoms with Crippen LogP contribution in [0.15, 0.2) is 53.0 Å². The average Bonchev–Trinajstić information content (AvgIpc) is 2.55. The Balaban J connectivity index is 2.03. The first-order valence-electron chi connectivity index (χ1n) is 6.92. The number of carbonyl (C=O) groups excluding carboxylic acids is 2. The van der Waals surface area contributed by atoms with Crippen molar-refractivity contribution in [2.45, 2.75) is 13.0 Å². The van der Waals surface area contributed by atoms with Gasteiger partial charge in [-0.15, -0.1) is 0 Å². The highest BCUT2D eigenvalue weighted by atomic mass is 79.9. The zero-order chi connectivity index (χ0) is 16.8. The molecule has 0 bridgehead atoms. The second kappa shape index (κ2) is 7.78. The van der Waals surface area contributed by atoms with Gasteiger partial charge in [-0.1, -0.05) is 24.3 Å². The number of carbonyl (C=O) groups is 2. The van der Waals surface area contributed by atoms with E-state index in [1.807, 2.05) is 0 Å². The van der Waals surface area contributed by atoms with E-state index in [1.165, 1.54) is 14.0 Å². The number of ether oxygens (including phenoxy) is 2. The molecular weight excluding hydrogens is 362 g/mol. The monoisotopic (exact) mass is 377 g/mol. The highest BCUT2D eigenvalue weighted by Gasteiger charge is 2.21. The van der Waals surface area contributed by atoms with Crippen molar-refractivity contribution in [1.82, 2.24) is 0 Å². The maximum absolute atomic E-state index is 12.2. The zero-order valence-corrected chi connectivity index (χ0v) is 14.3. The highest BCUT2D eigenvalue weighted by Crippen LogP contribution is 2.23. The second-order valence-electron chi connectivity index (χ2n) is 4.72. The summed E-state index contributed by atoms with van der Waals surface area (Å²) in [5, 5.41) is 2.68. The number of nitrogens with one attached hydrogen (secondary N) is 1. The molecule has 1 N–H and O–H groups in total. The summed E-state index contributed by atoms with van der Waals surface area (Å²) in [4.78, 5) is 24.3. The summed E-state index contributed by atoms with van der Waals surface area (Å²) >= 11 is 3.28. The number of esters is 1. The van der Waals surface area contributed by atoms with Crippen LogP contribution >= 0.6 is 15.9 Å². The molecule has 6 heteroatoms. The van der Waals surface area contributed by atoms with E-state index in [0.717, 1.165) is 0 Å². The van der Waals surface area contributed by atoms with Crippen molar-refractivity contribution < 1.29 is 19.1 Å². The Morgan fingerprint density at radius 2 is 1.74 bits per heavy atom. The van der Waals surface area contributed by atoms with E-state index in [9.17, 15) is 9.59 Å². The van der Waals surface area contributed by atoms with Gasteiger partial charge in [0.2, 0.25) is 0 Å². The number of methoxy groups -OCH3 is 1. The number of para-hydroxylation sites is 2. The average molecular weight is 378 g/mol. The molecule has 0 aliphatic carbocycles. The second-order valence-corrected chi connectivity index (χ2v) is 5.57. The predicted molar refractivity (Wildman–Crippen MR) is 90.6 cm³/mol. The van der Waals surface area contributed by atoms with E-state index >= 15 is 0 Å². The maximum atomic E-state index is 12.2. The number of anilines is 1. The van der Waals surface area contributed by atoms with Gasteiger partial charge in [-0.05, 0) is 47.1 Å². The first kappa shape index (κ1) is 17.0. The molecule has 2 rings (SSSR count). The van der Waals surface area contributed by atoms with Crippen molar-refractivity contribution in [3.05, 3.63) is 58.6 Å². The van der Waals surface area contributed by atoms with Crippen LogP contribution in [0.2, 0.25) is 0 Å².